The van der Waals surface area contributed by atoms with Crippen LogP contribution in [0.25, 0.3) is 11.3 Å². The number of carbonyl (C=O) groups excluding carboxylic acids is 1. The molecule has 4 heterocycles. The average Bonchev–Trinajstić information content (AvgIpc) is 3.44. The summed E-state index contributed by atoms with van der Waals surface area (Å²) in [6.45, 7) is 2.48. The Morgan fingerprint density at radius 1 is 1.15 bits per heavy atom. The molecule has 0 radical (unpaired) electrons. The van der Waals surface area contributed by atoms with Gasteiger partial charge in [-0.1, -0.05) is 29.8 Å². The van der Waals surface area contributed by atoms with Gasteiger partial charge in [-0.3, -0.25) is 14.4 Å². The van der Waals surface area contributed by atoms with E-state index in [1.165, 1.54) is 0 Å². The number of rotatable bonds is 5. The van der Waals surface area contributed by atoms with Gasteiger partial charge in [-0.25, -0.2) is 15.0 Å². The second kappa shape index (κ2) is 8.63. The maximum absolute atomic E-state index is 13.2. The van der Waals surface area contributed by atoms with Gasteiger partial charge in [0.2, 0.25) is 11.9 Å². The number of anilines is 3. The minimum absolute atomic E-state index is 0.00759. The smallest absolute Gasteiger partial charge is 0.235 e. The standard InChI is InChI=1S/C24H22ClN7O/c1-15(18-5-3-4-6-19(18)25)23(33)32-12-9-16-13-17(14-27-22(16)32)20-7-10-26-24(29-20)30-21-8-11-28-31(21)2/h3-8,10-11,13-15H,9,12H2,1-2H3,(H,26,29,30). The topological polar surface area (TPSA) is 88.8 Å². The summed E-state index contributed by atoms with van der Waals surface area (Å²) < 4.78 is 1.71. The van der Waals surface area contributed by atoms with E-state index in [2.05, 4.69) is 25.4 Å². The number of aryl methyl sites for hydroxylation is 1. The van der Waals surface area contributed by atoms with E-state index >= 15 is 0 Å². The summed E-state index contributed by atoms with van der Waals surface area (Å²) in [6.07, 6.45) is 5.90. The first-order chi connectivity index (χ1) is 16.0. The molecule has 4 aromatic rings. The molecule has 5 rings (SSSR count). The fourth-order valence-electron chi connectivity index (χ4n) is 4.01. The lowest BCUT2D eigenvalue weighted by Crippen LogP contribution is -2.33. The van der Waals surface area contributed by atoms with Gasteiger partial charge in [0.15, 0.2) is 0 Å². The van der Waals surface area contributed by atoms with Gasteiger partial charge in [0.05, 0.1) is 17.8 Å². The van der Waals surface area contributed by atoms with Crippen molar-refractivity contribution in [3.63, 3.8) is 0 Å². The molecule has 9 heteroatoms. The number of benzene rings is 1. The third-order valence-corrected chi connectivity index (χ3v) is 6.17. The lowest BCUT2D eigenvalue weighted by molar-refractivity contribution is -0.119. The highest BCUT2D eigenvalue weighted by molar-refractivity contribution is 6.31. The van der Waals surface area contributed by atoms with Gasteiger partial charge >= 0.3 is 0 Å². The van der Waals surface area contributed by atoms with E-state index in [0.29, 0.717) is 23.3 Å². The zero-order valence-corrected chi connectivity index (χ0v) is 19.0. The molecule has 1 aromatic carbocycles. The van der Waals surface area contributed by atoms with Gasteiger partial charge in [0.1, 0.15) is 11.6 Å². The van der Waals surface area contributed by atoms with Crippen LogP contribution in [-0.4, -0.2) is 37.2 Å². The van der Waals surface area contributed by atoms with Crippen molar-refractivity contribution in [2.24, 2.45) is 7.05 Å². The molecule has 1 amide bonds. The minimum atomic E-state index is -0.353. The molecule has 166 valence electrons. The molecular formula is C24H22ClN7O. The second-order valence-corrected chi connectivity index (χ2v) is 8.33. The van der Waals surface area contributed by atoms with Crippen LogP contribution in [0.1, 0.15) is 24.0 Å². The molecule has 8 nitrogen and oxygen atoms in total. The van der Waals surface area contributed by atoms with Crippen molar-refractivity contribution in [2.45, 2.75) is 19.3 Å². The Kier molecular flexibility index (Phi) is 5.51. The Morgan fingerprint density at radius 2 is 2.00 bits per heavy atom. The maximum atomic E-state index is 13.2. The molecule has 1 N–H and O–H groups in total. The van der Waals surface area contributed by atoms with E-state index in [0.717, 1.165) is 34.6 Å². The van der Waals surface area contributed by atoms with Crippen molar-refractivity contribution in [2.75, 3.05) is 16.8 Å². The fourth-order valence-corrected chi connectivity index (χ4v) is 4.31. The van der Waals surface area contributed by atoms with Crippen LogP contribution in [0.4, 0.5) is 17.6 Å². The van der Waals surface area contributed by atoms with Gasteiger partial charge in [-0.05, 0) is 42.7 Å². The zero-order chi connectivity index (χ0) is 22.9. The predicted molar refractivity (Wildman–Crippen MR) is 128 cm³/mol. The van der Waals surface area contributed by atoms with Gasteiger partial charge in [-0.15, -0.1) is 0 Å². The molecular weight excluding hydrogens is 438 g/mol. The van der Waals surface area contributed by atoms with Crippen molar-refractivity contribution in [1.82, 2.24) is 24.7 Å². The molecule has 3 aromatic heterocycles. The van der Waals surface area contributed by atoms with E-state index in [-0.39, 0.29) is 11.8 Å². The lowest BCUT2D eigenvalue weighted by Gasteiger charge is -2.21. The number of aromatic nitrogens is 5. The Hall–Kier alpha value is -3.78. The van der Waals surface area contributed by atoms with E-state index in [1.807, 2.05) is 56.4 Å². The summed E-state index contributed by atoms with van der Waals surface area (Å²) in [6, 6.07) is 13.2. The van der Waals surface area contributed by atoms with Crippen LogP contribution in [0.2, 0.25) is 5.02 Å². The van der Waals surface area contributed by atoms with Crippen LogP contribution < -0.4 is 10.2 Å². The number of nitrogens with one attached hydrogen (secondary N) is 1. The maximum Gasteiger partial charge on any atom is 0.235 e. The molecule has 1 aliphatic heterocycles. The van der Waals surface area contributed by atoms with Crippen molar-refractivity contribution in [3.05, 3.63) is 77.2 Å². The summed E-state index contributed by atoms with van der Waals surface area (Å²) in [4.78, 5) is 28.5. The summed E-state index contributed by atoms with van der Waals surface area (Å²) in [5.41, 5.74) is 3.47. The first kappa shape index (κ1) is 21.1. The SMILES string of the molecule is CC(C(=O)N1CCc2cc(-c3ccnc(Nc4ccnn4C)n3)cnc21)c1ccccc1Cl. The number of fused-ring (bicyclic) bond motifs is 1. The van der Waals surface area contributed by atoms with Gasteiger partial charge in [-0.2, -0.15) is 5.10 Å². The molecule has 0 fully saturated rings. The van der Waals surface area contributed by atoms with Crippen molar-refractivity contribution >= 4 is 35.1 Å². The molecule has 1 unspecified atom stereocenters. The molecule has 0 saturated heterocycles. The molecule has 1 aliphatic rings. The summed E-state index contributed by atoms with van der Waals surface area (Å²) in [5.74, 6) is 1.60. The number of pyridine rings is 1. The van der Waals surface area contributed by atoms with E-state index in [4.69, 9.17) is 11.6 Å². The van der Waals surface area contributed by atoms with Gasteiger partial charge < -0.3 is 5.32 Å². The number of nitrogens with zero attached hydrogens (tertiary/aromatic N) is 6. The molecule has 1 atom stereocenters. The number of halogens is 1. The molecule has 33 heavy (non-hydrogen) atoms. The largest absolute Gasteiger partial charge is 0.309 e. The Bertz CT molecular complexity index is 1340. The Labute approximate surface area is 196 Å². The second-order valence-electron chi connectivity index (χ2n) is 7.92. The Balaban J connectivity index is 1.38. The van der Waals surface area contributed by atoms with E-state index in [1.54, 1.807) is 28.2 Å². The average molecular weight is 460 g/mol. The quantitative estimate of drug-likeness (QED) is 0.477. The van der Waals surface area contributed by atoms with Crippen LogP contribution in [0.3, 0.4) is 0 Å². The molecule has 0 spiro atoms. The molecule has 0 aliphatic carbocycles. The first-order valence-corrected chi connectivity index (χ1v) is 11.0. The van der Waals surface area contributed by atoms with Crippen molar-refractivity contribution in [1.29, 1.82) is 0 Å². The van der Waals surface area contributed by atoms with Crippen LogP contribution >= 0.6 is 11.6 Å². The fraction of sp³-hybridized carbons (Fsp3) is 0.208. The van der Waals surface area contributed by atoms with Crippen LogP contribution in [0.15, 0.2) is 61.1 Å². The van der Waals surface area contributed by atoms with Crippen molar-refractivity contribution < 1.29 is 4.79 Å². The predicted octanol–water partition coefficient (Wildman–Crippen LogP) is 4.36. The third-order valence-electron chi connectivity index (χ3n) is 5.82. The zero-order valence-electron chi connectivity index (χ0n) is 18.2. The highest BCUT2D eigenvalue weighted by atomic mass is 35.5. The van der Waals surface area contributed by atoms with E-state index in [9.17, 15) is 4.79 Å². The molecule has 0 saturated carbocycles. The van der Waals surface area contributed by atoms with Gasteiger partial charge in [0, 0.05) is 42.6 Å². The summed E-state index contributed by atoms with van der Waals surface area (Å²) >= 11 is 6.32. The molecule has 0 bridgehead atoms. The van der Waals surface area contributed by atoms with Crippen LogP contribution in [0.5, 0.6) is 0 Å². The number of amides is 1. The number of carbonyl (C=O) groups is 1. The normalized spacial score (nSPS) is 13.6. The van der Waals surface area contributed by atoms with Crippen molar-refractivity contribution in [3.8, 4) is 11.3 Å². The van der Waals surface area contributed by atoms with Crippen LogP contribution in [-0.2, 0) is 18.3 Å². The first-order valence-electron chi connectivity index (χ1n) is 10.6. The Morgan fingerprint density at radius 3 is 2.79 bits per heavy atom. The number of hydrogen-bond acceptors (Lipinski definition) is 6. The number of hydrogen-bond donors (Lipinski definition) is 1. The highest BCUT2D eigenvalue weighted by Gasteiger charge is 2.31. The monoisotopic (exact) mass is 459 g/mol. The summed E-state index contributed by atoms with van der Waals surface area (Å²) in [7, 11) is 1.84. The third kappa shape index (κ3) is 4.05. The van der Waals surface area contributed by atoms with Crippen LogP contribution in [0, 0.1) is 0 Å². The highest BCUT2D eigenvalue weighted by Crippen LogP contribution is 2.33. The summed E-state index contributed by atoms with van der Waals surface area (Å²) in [5, 5.41) is 7.90. The van der Waals surface area contributed by atoms with E-state index < -0.39 is 0 Å². The minimum Gasteiger partial charge on any atom is -0.309 e. The lowest BCUT2D eigenvalue weighted by atomic mass is 10.00. The van der Waals surface area contributed by atoms with Gasteiger partial charge in [0.25, 0.3) is 0 Å².